The van der Waals surface area contributed by atoms with Gasteiger partial charge >= 0.3 is 612 Å². The van der Waals surface area contributed by atoms with Gasteiger partial charge in [-0.15, -0.1) is 0 Å². The Hall–Kier alpha value is -5.71. The average molecular weight is 1770 g/mol. The molecule has 0 N–H and O–H groups in total. The van der Waals surface area contributed by atoms with Gasteiger partial charge in [-0.25, -0.2) is 8.42 Å². The van der Waals surface area contributed by atoms with Crippen LogP contribution in [0.5, 0.6) is 0 Å². The summed E-state index contributed by atoms with van der Waals surface area (Å²) in [4.78, 5) is -0.178. The summed E-state index contributed by atoms with van der Waals surface area (Å²) >= 11 is -3.07. The first-order chi connectivity index (χ1) is 51.6. The predicted molar refractivity (Wildman–Crippen MR) is 446 cm³/mol. The molecule has 538 valence electrons. The van der Waals surface area contributed by atoms with Crippen LogP contribution >= 0.6 is 21.8 Å². The van der Waals surface area contributed by atoms with Crippen LogP contribution < -0.4 is 40.7 Å². The minimum atomic E-state index is -4.27. The van der Waals surface area contributed by atoms with Gasteiger partial charge < -0.3 is 29.4 Å². The molecule has 3 nitrogen and oxygen atoms in total. The molecule has 0 amide bonds. The van der Waals surface area contributed by atoms with Crippen molar-refractivity contribution in [3.8, 4) is 0 Å². The Labute approximate surface area is 694 Å². The number of aryl methyl sites for hydroxylation is 4. The third-order valence-corrected chi connectivity index (χ3v) is 45.7. The van der Waals surface area contributed by atoms with Crippen LogP contribution in [0.3, 0.4) is 0 Å². The molecule has 0 saturated carbocycles. The smallest absolute Gasteiger partial charge is 1.00 e. The Morgan fingerprint density at radius 1 is 0.312 bits per heavy atom. The van der Waals surface area contributed by atoms with E-state index in [1.807, 2.05) is 6.92 Å². The second kappa shape index (κ2) is 29.0. The number of rotatable bonds is 7. The number of fused-ring (bicyclic) bond motifs is 24. The van der Waals surface area contributed by atoms with E-state index in [0.29, 0.717) is 35.5 Å². The maximum Gasteiger partial charge on any atom is -1.00 e. The third kappa shape index (κ3) is 12.8. The van der Waals surface area contributed by atoms with Crippen LogP contribution in [-0.4, -0.2) is 53.0 Å². The van der Waals surface area contributed by atoms with Gasteiger partial charge in [-0.2, -0.15) is 0 Å². The molecule has 6 atom stereocenters. The minimum Gasteiger partial charge on any atom is -1.00 e. The van der Waals surface area contributed by atoms with E-state index < -0.39 is 102 Å². The van der Waals surface area contributed by atoms with E-state index in [1.54, 1.807) is 148 Å². The van der Waals surface area contributed by atoms with E-state index in [1.165, 1.54) is 64.0 Å². The first-order valence-corrected chi connectivity index (χ1v) is 55.2. The van der Waals surface area contributed by atoms with Crippen molar-refractivity contribution in [2.75, 3.05) is 40.0 Å². The van der Waals surface area contributed by atoms with Crippen molar-refractivity contribution in [2.45, 2.75) is 86.6 Å². The topological polar surface area (TPSA) is 57.2 Å². The molecule has 7 aromatic rings. The summed E-state index contributed by atoms with van der Waals surface area (Å²) in [6.07, 6.45) is 60.0. The molecular formula is C97H85Cl2O3P3SZr3. The summed E-state index contributed by atoms with van der Waals surface area (Å²) in [6, 6.07) is 41.9. The second-order valence-corrected chi connectivity index (χ2v) is 55.9. The van der Waals surface area contributed by atoms with Gasteiger partial charge in [0.15, 0.2) is 0 Å². The van der Waals surface area contributed by atoms with Gasteiger partial charge in [-0.05, 0) is 19.1 Å². The van der Waals surface area contributed by atoms with Gasteiger partial charge in [-0.1, -0.05) is 17.7 Å². The average Bonchev–Trinajstić information content (AvgIpc) is 1.59. The standard InChI is InChI=1S/3C16H15P.3C14H11.C7H8O3S.2ClH.3Zr/c3*1-17(2)10-12-7-8-14-13-6-4-3-5-11(13)9-15(14)16(12)17;3*1-10-6-7-14-12(8-10)9-11-4-2-3-5-13(11)14;1-6-2-4-7(5-3-6)11(8,9)10;;;;;/h3*3-8,13H,10H2,1-2H3;3*2-8,13H,1H3;2-5H,1H3,(H,8,9,10);2*1H;;;/q3*+1;;;;;;;;;/p-3. The minimum absolute atomic E-state index is 0. The zero-order chi connectivity index (χ0) is 73.3. The van der Waals surface area contributed by atoms with Crippen LogP contribution in [0.15, 0.2) is 299 Å². The quantitative estimate of drug-likeness (QED) is 0.118. The van der Waals surface area contributed by atoms with Gasteiger partial charge in [0.1, 0.15) is 10.1 Å². The van der Waals surface area contributed by atoms with Crippen LogP contribution in [0.4, 0.5) is 0 Å². The third-order valence-electron chi connectivity index (χ3n) is 24.5. The molecule has 12 heteroatoms. The molecule has 22 rings (SSSR count). The van der Waals surface area contributed by atoms with Crippen molar-refractivity contribution in [3.63, 3.8) is 0 Å². The van der Waals surface area contributed by atoms with Gasteiger partial charge in [0, 0.05) is 0 Å². The van der Waals surface area contributed by atoms with Crippen molar-refractivity contribution in [3.05, 3.63) is 400 Å². The Balaban J connectivity index is 0.000000111. The molecule has 6 unspecified atom stereocenters. The normalized spacial score (nSPS) is 22.9. The van der Waals surface area contributed by atoms with Crippen LogP contribution in [0.2, 0.25) is 0 Å². The van der Waals surface area contributed by atoms with Gasteiger partial charge in [-0.3, -0.25) is 0 Å². The van der Waals surface area contributed by atoms with Gasteiger partial charge in [0.2, 0.25) is 0 Å². The Bertz CT molecular complexity index is 5440. The number of halogens is 2. The molecule has 0 fully saturated rings. The van der Waals surface area contributed by atoms with Gasteiger partial charge in [0.25, 0.3) is 0 Å². The number of benzene rings is 7. The van der Waals surface area contributed by atoms with Crippen molar-refractivity contribution in [1.82, 2.24) is 0 Å². The Morgan fingerprint density at radius 2 is 0.550 bits per heavy atom. The fraction of sp³-hybridized carbons (Fsp3) is 0.196. The summed E-state index contributed by atoms with van der Waals surface area (Å²) in [6.45, 7) is 23.9. The second-order valence-electron chi connectivity index (χ2n) is 32.9. The molecule has 3 heterocycles. The SMILES string of the molecule is Cc1ccc(S(=O)(=O)[O-])cc1.Cc1ccc2c(c1)[C]([Zr][C]1=C3C=CC=CC3c3ccc4c(c31)[P+](C)(C)C4)=C1C=CC=CC12.Cc1ccc2c(c1)[C]([Zr][C]1=C3C=CC=CC3c3ccc4c(c31)[P+](C)(C)C4)=C1C=CC=CC12.Cc1ccc2c(c1)[C]([Zr][C]1=C3C=CC=CC3c3ccc4c(c31)[P+](C)(C)C4)=C1C=CC=CC12.[Cl-].[Cl-]. The van der Waals surface area contributed by atoms with E-state index in [9.17, 15) is 13.0 Å². The molecule has 15 aliphatic rings. The number of hydrogen-bond acceptors (Lipinski definition) is 3. The Morgan fingerprint density at radius 3 is 0.807 bits per heavy atom. The summed E-state index contributed by atoms with van der Waals surface area (Å²) in [5, 5.41) is 5.29. The summed E-state index contributed by atoms with van der Waals surface area (Å²) in [5.74, 6) is 2.78. The maximum atomic E-state index is 10.4. The monoisotopic (exact) mass is 1760 g/mol. The summed E-state index contributed by atoms with van der Waals surface area (Å²) < 4.78 is 41.6. The fourth-order valence-corrected chi connectivity index (χ4v) is 42.4. The largest absolute Gasteiger partial charge is 1.00 e. The first-order valence-electron chi connectivity index (χ1n) is 37.8. The molecule has 12 aliphatic carbocycles. The van der Waals surface area contributed by atoms with E-state index in [2.05, 4.69) is 298 Å². The number of allylic oxidation sites excluding steroid dienone is 30. The van der Waals surface area contributed by atoms with E-state index in [4.69, 9.17) is 0 Å². The summed E-state index contributed by atoms with van der Waals surface area (Å²) in [7, 11) is -7.22. The van der Waals surface area contributed by atoms with E-state index >= 15 is 0 Å². The maximum absolute atomic E-state index is 10.4. The zero-order valence-corrected chi connectivity index (χ0v) is 75.5. The van der Waals surface area contributed by atoms with Crippen LogP contribution in [0, 0.1) is 27.7 Å². The first kappa shape index (κ1) is 75.9. The molecule has 0 saturated heterocycles. The molecule has 0 bridgehead atoms. The molecule has 7 aromatic carbocycles. The van der Waals surface area contributed by atoms with Crippen LogP contribution in [-0.2, 0) is 98.3 Å². The molecule has 3 aliphatic heterocycles. The van der Waals surface area contributed by atoms with Crippen molar-refractivity contribution >= 4 is 67.5 Å². The van der Waals surface area contributed by atoms with Gasteiger partial charge in [0.05, 0.1) is 4.90 Å². The molecule has 0 aromatic heterocycles. The van der Waals surface area contributed by atoms with Crippen LogP contribution in [0.25, 0.3) is 19.7 Å². The van der Waals surface area contributed by atoms with E-state index in [-0.39, 0.29) is 29.7 Å². The summed E-state index contributed by atoms with van der Waals surface area (Å²) in [5.41, 5.74) is 38.6. The van der Waals surface area contributed by atoms with E-state index in [0.717, 1.165) is 5.56 Å². The molecule has 109 heavy (non-hydrogen) atoms. The fourth-order valence-electron chi connectivity index (χ4n) is 19.8. The van der Waals surface area contributed by atoms with Crippen molar-refractivity contribution in [2.24, 2.45) is 0 Å². The molecule has 0 radical (unpaired) electrons. The Kier molecular flexibility index (Phi) is 20.2. The van der Waals surface area contributed by atoms with Crippen LogP contribution in [0.1, 0.15) is 141 Å². The molecule has 0 spiro atoms. The number of hydrogen-bond donors (Lipinski definition) is 0. The van der Waals surface area contributed by atoms with Crippen molar-refractivity contribution in [1.29, 1.82) is 0 Å². The molecular weight excluding hydrogens is 1680 g/mol. The zero-order valence-electron chi connectivity index (χ0n) is 63.1. The predicted octanol–water partition coefficient (Wildman–Crippen LogP) is 16.1. The van der Waals surface area contributed by atoms with Crippen molar-refractivity contribution < 1.29 is 107 Å².